The fourth-order valence-corrected chi connectivity index (χ4v) is 4.13. The number of ether oxygens (including phenoxy) is 3. The fraction of sp³-hybridized carbons (Fsp3) is 0.120. The Labute approximate surface area is 212 Å². The molecule has 4 rings (SSSR count). The van der Waals surface area contributed by atoms with E-state index in [0.717, 1.165) is 23.5 Å². The molecule has 1 aromatic heterocycles. The number of hydrogen-bond donors (Lipinski definition) is 1. The van der Waals surface area contributed by atoms with E-state index in [0.29, 0.717) is 16.8 Å². The summed E-state index contributed by atoms with van der Waals surface area (Å²) in [5.41, 5.74) is 1.48. The third kappa shape index (κ3) is 5.92. The first kappa shape index (κ1) is 25.8. The number of aromatic hydroxyl groups is 1. The molecule has 4 aromatic rings. The van der Waals surface area contributed by atoms with Crippen LogP contribution in [-0.4, -0.2) is 36.8 Å². The number of nitrogens with zero attached hydrogens (tertiary/aromatic N) is 3. The minimum atomic E-state index is -2.96. The molecule has 1 heterocycles. The lowest BCUT2D eigenvalue weighted by Crippen LogP contribution is -2.12. The molecule has 0 saturated heterocycles. The normalized spacial score (nSPS) is 11.9. The van der Waals surface area contributed by atoms with Crippen molar-refractivity contribution in [1.82, 2.24) is 4.68 Å². The molecule has 1 N–H and O–H groups in total. The van der Waals surface area contributed by atoms with Crippen LogP contribution in [0.1, 0.15) is 5.56 Å². The molecular formula is C25H19F4N3O4S. The summed E-state index contributed by atoms with van der Waals surface area (Å²) in [4.78, 5) is 4.53. The van der Waals surface area contributed by atoms with Crippen molar-refractivity contribution in [2.75, 3.05) is 14.2 Å². The number of halogens is 4. The van der Waals surface area contributed by atoms with Crippen LogP contribution in [0.3, 0.4) is 0 Å². The van der Waals surface area contributed by atoms with Gasteiger partial charge in [0, 0.05) is 22.6 Å². The van der Waals surface area contributed by atoms with E-state index in [-0.39, 0.29) is 33.5 Å². The lowest BCUT2D eigenvalue weighted by Gasteiger charge is -2.09. The first-order valence-corrected chi connectivity index (χ1v) is 11.4. The Hall–Kier alpha value is -4.32. The van der Waals surface area contributed by atoms with Gasteiger partial charge in [-0.2, -0.15) is 13.9 Å². The number of phenolic OH excluding ortho intramolecular Hbond substituents is 1. The molecule has 37 heavy (non-hydrogen) atoms. The van der Waals surface area contributed by atoms with Crippen LogP contribution in [-0.2, 0) is 0 Å². The molecule has 0 aliphatic heterocycles. The van der Waals surface area contributed by atoms with Crippen molar-refractivity contribution in [3.05, 3.63) is 82.0 Å². The van der Waals surface area contributed by atoms with Gasteiger partial charge < -0.3 is 19.3 Å². The molecule has 0 atom stereocenters. The molecule has 192 valence electrons. The summed E-state index contributed by atoms with van der Waals surface area (Å²) in [7, 11) is 2.77. The fourth-order valence-electron chi connectivity index (χ4n) is 3.28. The summed E-state index contributed by atoms with van der Waals surface area (Å²) in [6.45, 7) is -2.96. The van der Waals surface area contributed by atoms with Gasteiger partial charge in [-0.1, -0.05) is 0 Å². The van der Waals surface area contributed by atoms with Crippen molar-refractivity contribution in [2.24, 2.45) is 10.1 Å². The van der Waals surface area contributed by atoms with Gasteiger partial charge >= 0.3 is 6.61 Å². The van der Waals surface area contributed by atoms with Crippen LogP contribution in [0.5, 0.6) is 23.0 Å². The minimum absolute atomic E-state index is 0.0226. The van der Waals surface area contributed by atoms with Crippen molar-refractivity contribution >= 4 is 23.2 Å². The maximum Gasteiger partial charge on any atom is 0.387 e. The van der Waals surface area contributed by atoms with E-state index in [1.807, 2.05) is 0 Å². The highest BCUT2D eigenvalue weighted by Crippen LogP contribution is 2.36. The number of methoxy groups -OCH3 is 2. The molecule has 0 fully saturated rings. The second-order valence-corrected chi connectivity index (χ2v) is 8.18. The Morgan fingerprint density at radius 1 is 0.973 bits per heavy atom. The molecule has 12 heteroatoms. The first-order valence-electron chi connectivity index (χ1n) is 10.5. The molecule has 0 saturated carbocycles. The number of aromatic nitrogens is 1. The van der Waals surface area contributed by atoms with E-state index in [1.165, 1.54) is 55.4 Å². The van der Waals surface area contributed by atoms with Crippen molar-refractivity contribution in [3.63, 3.8) is 0 Å². The van der Waals surface area contributed by atoms with E-state index >= 15 is 0 Å². The maximum absolute atomic E-state index is 14.3. The number of benzene rings is 3. The van der Waals surface area contributed by atoms with E-state index < -0.39 is 18.2 Å². The zero-order valence-electron chi connectivity index (χ0n) is 19.4. The van der Waals surface area contributed by atoms with Crippen molar-refractivity contribution in [3.8, 4) is 34.3 Å². The Bertz CT molecular complexity index is 1480. The first-order chi connectivity index (χ1) is 17.8. The van der Waals surface area contributed by atoms with Gasteiger partial charge in [0.15, 0.2) is 17.3 Å². The largest absolute Gasteiger partial charge is 0.502 e. The molecule has 0 radical (unpaired) electrons. The van der Waals surface area contributed by atoms with E-state index in [4.69, 9.17) is 9.47 Å². The zero-order chi connectivity index (χ0) is 26.5. The average molecular weight is 534 g/mol. The van der Waals surface area contributed by atoms with E-state index in [9.17, 15) is 22.7 Å². The highest BCUT2D eigenvalue weighted by Gasteiger charge is 2.13. The number of alkyl halides is 2. The summed E-state index contributed by atoms with van der Waals surface area (Å²) in [6, 6.07) is 11.9. The second-order valence-electron chi connectivity index (χ2n) is 7.34. The minimum Gasteiger partial charge on any atom is -0.502 e. The predicted molar refractivity (Wildman–Crippen MR) is 130 cm³/mol. The van der Waals surface area contributed by atoms with Crippen LogP contribution in [0.4, 0.5) is 23.2 Å². The van der Waals surface area contributed by atoms with Crippen LogP contribution in [0, 0.1) is 11.6 Å². The molecular weight excluding hydrogens is 514 g/mol. The third-order valence-corrected chi connectivity index (χ3v) is 5.83. The number of rotatable bonds is 8. The van der Waals surface area contributed by atoms with Crippen LogP contribution >= 0.6 is 11.3 Å². The van der Waals surface area contributed by atoms with Gasteiger partial charge in [-0.3, -0.25) is 0 Å². The van der Waals surface area contributed by atoms with Crippen LogP contribution in [0.25, 0.3) is 11.3 Å². The van der Waals surface area contributed by atoms with Gasteiger partial charge in [0.25, 0.3) is 0 Å². The average Bonchev–Trinajstić information content (AvgIpc) is 3.27. The van der Waals surface area contributed by atoms with Crippen LogP contribution < -0.4 is 19.0 Å². The van der Waals surface area contributed by atoms with Gasteiger partial charge in [-0.15, -0.1) is 11.3 Å². The second kappa shape index (κ2) is 11.2. The predicted octanol–water partition coefficient (Wildman–Crippen LogP) is 5.93. The Morgan fingerprint density at radius 2 is 1.65 bits per heavy atom. The summed E-state index contributed by atoms with van der Waals surface area (Å²) >= 11 is 1.13. The molecule has 0 spiro atoms. The molecule has 7 nitrogen and oxygen atoms in total. The van der Waals surface area contributed by atoms with E-state index in [1.54, 1.807) is 17.5 Å². The van der Waals surface area contributed by atoms with Crippen molar-refractivity contribution in [2.45, 2.75) is 6.61 Å². The summed E-state index contributed by atoms with van der Waals surface area (Å²) in [5.74, 6) is -1.48. The van der Waals surface area contributed by atoms with Crippen LogP contribution in [0.15, 0.2) is 70.1 Å². The monoisotopic (exact) mass is 533 g/mol. The lowest BCUT2D eigenvalue weighted by molar-refractivity contribution is -0.0498. The topological polar surface area (TPSA) is 77.6 Å². The SMILES string of the molecule is COc1cc(/C=N\n2c(-c3ccc(OC(F)F)cc3)csc2=Nc2ccc(F)cc2F)cc(OC)c1O. The van der Waals surface area contributed by atoms with Gasteiger partial charge in [0.2, 0.25) is 10.6 Å². The molecule has 0 aliphatic rings. The lowest BCUT2D eigenvalue weighted by atomic mass is 10.2. The van der Waals surface area contributed by atoms with Crippen LogP contribution in [0.2, 0.25) is 0 Å². The summed E-state index contributed by atoms with van der Waals surface area (Å²) in [5, 5.41) is 16.3. The standard InChI is InChI=1S/C25H19F4N3O4S/c1-34-21-9-14(10-22(35-2)23(21)33)12-30-32-20(15-3-6-17(7-4-15)36-24(28)29)13-37-25(32)31-19-8-5-16(26)11-18(19)27/h3-13,24,33H,1-2H3/b30-12-,31-25?. The Kier molecular flexibility index (Phi) is 7.77. The highest BCUT2D eigenvalue weighted by atomic mass is 32.1. The van der Waals surface area contributed by atoms with Crippen molar-refractivity contribution < 1.29 is 36.9 Å². The zero-order valence-corrected chi connectivity index (χ0v) is 20.2. The number of thiazole rings is 1. The number of hydrogen-bond acceptors (Lipinski definition) is 7. The van der Waals surface area contributed by atoms with Gasteiger partial charge in [0.05, 0.1) is 26.1 Å². The quantitative estimate of drug-likeness (QED) is 0.225. The molecule has 0 bridgehead atoms. The Morgan fingerprint density at radius 3 is 2.24 bits per heavy atom. The molecule has 3 aromatic carbocycles. The highest BCUT2D eigenvalue weighted by molar-refractivity contribution is 7.07. The molecule has 0 unspecified atom stereocenters. The Balaban J connectivity index is 1.83. The summed E-state index contributed by atoms with van der Waals surface area (Å²) in [6.07, 6.45) is 1.44. The van der Waals surface area contributed by atoms with Gasteiger partial charge in [-0.25, -0.2) is 18.4 Å². The van der Waals surface area contributed by atoms with Gasteiger partial charge in [0.1, 0.15) is 17.3 Å². The van der Waals surface area contributed by atoms with E-state index in [2.05, 4.69) is 14.8 Å². The molecule has 0 aliphatic carbocycles. The van der Waals surface area contributed by atoms with Gasteiger partial charge in [-0.05, 0) is 48.5 Å². The molecule has 0 amide bonds. The maximum atomic E-state index is 14.3. The smallest absolute Gasteiger partial charge is 0.387 e. The third-order valence-electron chi connectivity index (χ3n) is 5.01. The number of phenols is 1. The van der Waals surface area contributed by atoms with Crippen molar-refractivity contribution in [1.29, 1.82) is 0 Å². The summed E-state index contributed by atoms with van der Waals surface area (Å²) < 4.78 is 68.9.